The molecule has 1 atom stereocenters. The van der Waals surface area contributed by atoms with E-state index in [1.54, 1.807) is 0 Å². The first-order valence-electron chi connectivity index (χ1n) is 7.25. The maximum atomic E-state index is 5.68. The fourth-order valence-corrected chi connectivity index (χ4v) is 3.09. The fourth-order valence-electron chi connectivity index (χ4n) is 3.09. The number of nitrogens with zero attached hydrogens (tertiary/aromatic N) is 5. The Balaban J connectivity index is 1.83. The van der Waals surface area contributed by atoms with E-state index in [0.717, 1.165) is 48.4 Å². The highest BCUT2D eigenvalue weighted by molar-refractivity contribution is 5.87. The smallest absolute Gasteiger partial charge is 0.163 e. The summed E-state index contributed by atoms with van der Waals surface area (Å²) in [6, 6.07) is 0.460. The predicted molar refractivity (Wildman–Crippen MR) is 75.7 cm³/mol. The van der Waals surface area contributed by atoms with Gasteiger partial charge in [0.15, 0.2) is 5.65 Å². The molecule has 0 radical (unpaired) electrons. The van der Waals surface area contributed by atoms with Crippen molar-refractivity contribution in [1.82, 2.24) is 19.7 Å². The third-order valence-electron chi connectivity index (χ3n) is 4.29. The number of morpholine rings is 1. The van der Waals surface area contributed by atoms with Gasteiger partial charge in [-0.25, -0.2) is 9.97 Å². The van der Waals surface area contributed by atoms with Crippen LogP contribution in [0.3, 0.4) is 0 Å². The van der Waals surface area contributed by atoms with Crippen molar-refractivity contribution in [2.45, 2.75) is 25.8 Å². The second kappa shape index (κ2) is 4.41. The first-order valence-corrected chi connectivity index (χ1v) is 7.25. The molecule has 1 unspecified atom stereocenters. The molecule has 1 saturated carbocycles. The first kappa shape index (κ1) is 12.1. The lowest BCUT2D eigenvalue weighted by Gasteiger charge is -2.37. The van der Waals surface area contributed by atoms with E-state index in [9.17, 15) is 0 Å². The number of ether oxygens (including phenoxy) is 1. The Morgan fingerprint density at radius 1 is 1.30 bits per heavy atom. The zero-order valence-corrected chi connectivity index (χ0v) is 11.9. The molecule has 0 bridgehead atoms. The summed E-state index contributed by atoms with van der Waals surface area (Å²) in [7, 11) is 1.93. The summed E-state index contributed by atoms with van der Waals surface area (Å²) in [5, 5.41) is 5.38. The highest BCUT2D eigenvalue weighted by atomic mass is 16.5. The van der Waals surface area contributed by atoms with Gasteiger partial charge in [0.2, 0.25) is 0 Å². The summed E-state index contributed by atoms with van der Waals surface area (Å²) in [5.74, 6) is 2.59. The summed E-state index contributed by atoms with van der Waals surface area (Å²) in [4.78, 5) is 11.6. The number of aryl methyl sites for hydroxylation is 2. The van der Waals surface area contributed by atoms with Crippen LogP contribution in [0.1, 0.15) is 18.7 Å². The van der Waals surface area contributed by atoms with Gasteiger partial charge in [0.05, 0.1) is 30.8 Å². The number of hydrogen-bond acceptors (Lipinski definition) is 5. The Morgan fingerprint density at radius 3 is 2.95 bits per heavy atom. The molecule has 2 fully saturated rings. The van der Waals surface area contributed by atoms with Gasteiger partial charge >= 0.3 is 0 Å². The van der Waals surface area contributed by atoms with Crippen LogP contribution in [0.25, 0.3) is 11.0 Å². The molecule has 2 aromatic rings. The van der Waals surface area contributed by atoms with Gasteiger partial charge in [-0.15, -0.1) is 0 Å². The van der Waals surface area contributed by atoms with E-state index in [2.05, 4.69) is 15.0 Å². The second-order valence-corrected chi connectivity index (χ2v) is 5.77. The largest absolute Gasteiger partial charge is 0.377 e. The molecule has 6 heteroatoms. The molecular weight excluding hydrogens is 254 g/mol. The van der Waals surface area contributed by atoms with Crippen molar-refractivity contribution in [3.05, 3.63) is 12.0 Å². The second-order valence-electron chi connectivity index (χ2n) is 5.77. The molecule has 1 aliphatic heterocycles. The highest BCUT2D eigenvalue weighted by Crippen LogP contribution is 2.39. The van der Waals surface area contributed by atoms with Crippen LogP contribution in [-0.4, -0.2) is 45.5 Å². The lowest BCUT2D eigenvalue weighted by Crippen LogP contribution is -2.47. The number of hydrogen-bond donors (Lipinski definition) is 0. The van der Waals surface area contributed by atoms with E-state index in [4.69, 9.17) is 9.72 Å². The van der Waals surface area contributed by atoms with Crippen molar-refractivity contribution in [1.29, 1.82) is 0 Å². The Bertz CT molecular complexity index is 648. The normalized spacial score (nSPS) is 23.5. The third-order valence-corrected chi connectivity index (χ3v) is 4.29. The van der Waals surface area contributed by atoms with Gasteiger partial charge in [0.25, 0.3) is 0 Å². The molecule has 0 aromatic carbocycles. The fraction of sp³-hybridized carbons (Fsp3) is 0.643. The van der Waals surface area contributed by atoms with Gasteiger partial charge in [0.1, 0.15) is 11.6 Å². The molecule has 20 heavy (non-hydrogen) atoms. The first-order chi connectivity index (χ1) is 9.74. The van der Waals surface area contributed by atoms with Crippen LogP contribution in [0.5, 0.6) is 0 Å². The van der Waals surface area contributed by atoms with Crippen LogP contribution in [0.15, 0.2) is 6.20 Å². The van der Waals surface area contributed by atoms with Crippen molar-refractivity contribution >= 4 is 16.9 Å². The molecule has 1 saturated heterocycles. The molecule has 0 spiro atoms. The summed E-state index contributed by atoms with van der Waals surface area (Å²) in [5.41, 5.74) is 0.911. The Hall–Kier alpha value is -1.69. The molecule has 0 N–H and O–H groups in total. The minimum absolute atomic E-state index is 0.460. The minimum atomic E-state index is 0.460. The van der Waals surface area contributed by atoms with Crippen molar-refractivity contribution < 1.29 is 4.74 Å². The van der Waals surface area contributed by atoms with Crippen molar-refractivity contribution in [2.24, 2.45) is 13.0 Å². The summed E-state index contributed by atoms with van der Waals surface area (Å²) < 4.78 is 7.50. The van der Waals surface area contributed by atoms with Crippen LogP contribution in [0.4, 0.5) is 5.82 Å². The molecule has 3 heterocycles. The SMILES string of the molecule is Cc1nc(N2CCOCC2C2CC2)c2cnn(C)c2n1. The maximum absolute atomic E-state index is 5.68. The summed E-state index contributed by atoms with van der Waals surface area (Å²) >= 11 is 0. The quantitative estimate of drug-likeness (QED) is 0.825. The topological polar surface area (TPSA) is 56.1 Å². The van der Waals surface area contributed by atoms with E-state index >= 15 is 0 Å². The predicted octanol–water partition coefficient (Wildman–Crippen LogP) is 1.29. The van der Waals surface area contributed by atoms with Crippen molar-refractivity contribution in [3.63, 3.8) is 0 Å². The monoisotopic (exact) mass is 273 g/mol. The number of rotatable bonds is 2. The van der Waals surface area contributed by atoms with Gasteiger partial charge in [-0.2, -0.15) is 5.10 Å². The van der Waals surface area contributed by atoms with Gasteiger partial charge < -0.3 is 9.64 Å². The molecule has 2 aromatic heterocycles. The van der Waals surface area contributed by atoms with Crippen LogP contribution in [0.2, 0.25) is 0 Å². The molecule has 1 aliphatic carbocycles. The lowest BCUT2D eigenvalue weighted by molar-refractivity contribution is 0.0876. The standard InChI is InChI=1S/C14H19N5O/c1-9-16-13-11(7-15-18(13)2)14(17-9)19-5-6-20-8-12(19)10-3-4-10/h7,10,12H,3-6,8H2,1-2H3. The maximum Gasteiger partial charge on any atom is 0.163 e. The van der Waals surface area contributed by atoms with E-state index in [1.165, 1.54) is 12.8 Å². The summed E-state index contributed by atoms with van der Waals surface area (Å²) in [6.45, 7) is 4.44. The van der Waals surface area contributed by atoms with Crippen LogP contribution >= 0.6 is 0 Å². The molecule has 4 rings (SSSR count). The van der Waals surface area contributed by atoms with Crippen LogP contribution in [-0.2, 0) is 11.8 Å². The van der Waals surface area contributed by atoms with E-state index in [0.29, 0.717) is 6.04 Å². The number of fused-ring (bicyclic) bond motifs is 1. The molecule has 2 aliphatic rings. The van der Waals surface area contributed by atoms with E-state index in [1.807, 2.05) is 24.9 Å². The zero-order chi connectivity index (χ0) is 13.7. The average molecular weight is 273 g/mol. The van der Waals surface area contributed by atoms with Gasteiger partial charge in [-0.05, 0) is 25.7 Å². The van der Waals surface area contributed by atoms with Crippen molar-refractivity contribution in [2.75, 3.05) is 24.7 Å². The lowest BCUT2D eigenvalue weighted by atomic mass is 10.1. The molecular formula is C14H19N5O. The molecule has 6 nitrogen and oxygen atoms in total. The Labute approximate surface area is 117 Å². The van der Waals surface area contributed by atoms with Crippen molar-refractivity contribution in [3.8, 4) is 0 Å². The number of anilines is 1. The Morgan fingerprint density at radius 2 is 2.15 bits per heavy atom. The zero-order valence-electron chi connectivity index (χ0n) is 11.9. The van der Waals surface area contributed by atoms with E-state index < -0.39 is 0 Å². The molecule has 0 amide bonds. The Kier molecular flexibility index (Phi) is 2.66. The molecule has 106 valence electrons. The van der Waals surface area contributed by atoms with Gasteiger partial charge in [-0.1, -0.05) is 0 Å². The minimum Gasteiger partial charge on any atom is -0.377 e. The van der Waals surface area contributed by atoms with Crippen LogP contribution < -0.4 is 4.90 Å². The van der Waals surface area contributed by atoms with Crippen LogP contribution in [0, 0.1) is 12.8 Å². The van der Waals surface area contributed by atoms with Gasteiger partial charge in [-0.3, -0.25) is 4.68 Å². The van der Waals surface area contributed by atoms with E-state index in [-0.39, 0.29) is 0 Å². The van der Waals surface area contributed by atoms with Gasteiger partial charge in [0, 0.05) is 13.6 Å². The number of aromatic nitrogens is 4. The average Bonchev–Trinajstić information content (AvgIpc) is 3.24. The highest BCUT2D eigenvalue weighted by Gasteiger charge is 2.38. The summed E-state index contributed by atoms with van der Waals surface area (Å²) in [6.07, 6.45) is 4.50. The third kappa shape index (κ3) is 1.86.